The molecule has 0 spiro atoms. The Balaban J connectivity index is 2.22. The average Bonchev–Trinajstić information content (AvgIpc) is 2.18. The van der Waals surface area contributed by atoms with Crippen LogP contribution in [0.4, 0.5) is 5.69 Å². The minimum atomic E-state index is -0.343. The lowest BCUT2D eigenvalue weighted by Crippen LogP contribution is -2.30. The second-order valence-electron chi connectivity index (χ2n) is 3.36. The van der Waals surface area contributed by atoms with Gasteiger partial charge >= 0.3 is 0 Å². The van der Waals surface area contributed by atoms with Crippen LogP contribution in [0.15, 0.2) is 23.4 Å². The van der Waals surface area contributed by atoms with Crippen molar-refractivity contribution in [2.75, 3.05) is 5.32 Å². The maximum atomic E-state index is 11.6. The second kappa shape index (κ2) is 4.02. The van der Waals surface area contributed by atoms with Crippen LogP contribution >= 0.6 is 11.8 Å². The van der Waals surface area contributed by atoms with Gasteiger partial charge < -0.3 is 5.32 Å². The van der Waals surface area contributed by atoms with Crippen molar-refractivity contribution < 1.29 is 9.59 Å². The minimum Gasteiger partial charge on any atom is -0.323 e. The molecule has 2 heterocycles. The first-order valence-corrected chi connectivity index (χ1v) is 5.47. The normalized spacial score (nSPS) is 19.3. The Morgan fingerprint density at radius 2 is 2.47 bits per heavy atom. The van der Waals surface area contributed by atoms with E-state index in [1.165, 1.54) is 18.7 Å². The summed E-state index contributed by atoms with van der Waals surface area (Å²) in [6, 6.07) is 3.57. The van der Waals surface area contributed by atoms with E-state index in [0.29, 0.717) is 0 Å². The van der Waals surface area contributed by atoms with Crippen molar-refractivity contribution in [3.05, 3.63) is 18.3 Å². The number of anilines is 1. The van der Waals surface area contributed by atoms with Crippen LogP contribution in [0.25, 0.3) is 0 Å². The number of thioether (sulfide) groups is 1. The number of amides is 1. The average molecular weight is 222 g/mol. The number of Topliss-reactive ketones (excluding diaryl/α,β-unsaturated/α-hetero) is 1. The van der Waals surface area contributed by atoms with Crippen LogP contribution in [-0.4, -0.2) is 21.9 Å². The zero-order valence-corrected chi connectivity index (χ0v) is 9.00. The van der Waals surface area contributed by atoms with E-state index in [1.807, 2.05) is 0 Å². The largest absolute Gasteiger partial charge is 0.323 e. The molecule has 0 bridgehead atoms. The number of nitrogens with one attached hydrogen (secondary N) is 1. The summed E-state index contributed by atoms with van der Waals surface area (Å²) in [4.78, 5) is 26.7. The molecule has 1 amide bonds. The van der Waals surface area contributed by atoms with E-state index in [4.69, 9.17) is 0 Å². The van der Waals surface area contributed by atoms with Crippen molar-refractivity contribution in [1.29, 1.82) is 0 Å². The van der Waals surface area contributed by atoms with Crippen LogP contribution in [0.2, 0.25) is 0 Å². The summed E-state index contributed by atoms with van der Waals surface area (Å²) < 4.78 is 0. The van der Waals surface area contributed by atoms with Gasteiger partial charge in [0.25, 0.3) is 0 Å². The van der Waals surface area contributed by atoms with Gasteiger partial charge in [-0.2, -0.15) is 0 Å². The fourth-order valence-electron chi connectivity index (χ4n) is 1.38. The number of ketones is 1. The summed E-state index contributed by atoms with van der Waals surface area (Å²) in [5.41, 5.74) is 0.729. The van der Waals surface area contributed by atoms with Crippen molar-refractivity contribution in [1.82, 2.24) is 4.98 Å². The monoisotopic (exact) mass is 222 g/mol. The number of nitrogens with zero attached hydrogens (tertiary/aromatic N) is 1. The highest BCUT2D eigenvalue weighted by atomic mass is 32.2. The van der Waals surface area contributed by atoms with Crippen LogP contribution in [0.1, 0.15) is 13.3 Å². The number of hydrogen-bond donors (Lipinski definition) is 1. The molecule has 4 nitrogen and oxygen atoms in total. The zero-order valence-electron chi connectivity index (χ0n) is 8.19. The molecule has 0 saturated carbocycles. The van der Waals surface area contributed by atoms with Gasteiger partial charge in [0.1, 0.15) is 10.8 Å². The van der Waals surface area contributed by atoms with Gasteiger partial charge in [0.15, 0.2) is 0 Å². The number of carbonyl (C=O) groups is 2. The van der Waals surface area contributed by atoms with Crippen molar-refractivity contribution in [2.45, 2.75) is 23.6 Å². The fourth-order valence-corrected chi connectivity index (χ4v) is 2.50. The van der Waals surface area contributed by atoms with Gasteiger partial charge in [-0.15, -0.1) is 0 Å². The van der Waals surface area contributed by atoms with Gasteiger partial charge in [-0.1, -0.05) is 11.8 Å². The molecule has 1 aromatic rings. The Kier molecular flexibility index (Phi) is 2.73. The Morgan fingerprint density at radius 3 is 3.20 bits per heavy atom. The third-order valence-electron chi connectivity index (χ3n) is 2.05. The SMILES string of the molecule is CC(=O)CC1Sc2ncccc2NC1=O. The molecule has 5 heteroatoms. The molecule has 1 aliphatic heterocycles. The standard InChI is InChI=1S/C10H10N2O2S/c1-6(13)5-8-9(14)12-7-3-2-4-11-10(7)15-8/h2-4,8H,5H2,1H3,(H,12,14). The first-order chi connectivity index (χ1) is 7.16. The Bertz CT molecular complexity index is 420. The lowest BCUT2D eigenvalue weighted by Gasteiger charge is -2.21. The molecule has 0 saturated heterocycles. The number of hydrogen-bond acceptors (Lipinski definition) is 4. The summed E-state index contributed by atoms with van der Waals surface area (Å²) in [5.74, 6) is -0.0993. The van der Waals surface area contributed by atoms with E-state index in [9.17, 15) is 9.59 Å². The highest BCUT2D eigenvalue weighted by Gasteiger charge is 2.28. The summed E-state index contributed by atoms with van der Waals surface area (Å²) in [7, 11) is 0. The first kappa shape index (κ1) is 10.2. The molecule has 78 valence electrons. The molecule has 1 atom stereocenters. The predicted octanol–water partition coefficient (Wildman–Crippen LogP) is 1.47. The molecule has 1 aliphatic rings. The quantitative estimate of drug-likeness (QED) is 0.823. The summed E-state index contributed by atoms with van der Waals surface area (Å²) in [6.45, 7) is 1.49. The van der Waals surface area contributed by atoms with E-state index >= 15 is 0 Å². The summed E-state index contributed by atoms with van der Waals surface area (Å²) >= 11 is 1.35. The smallest absolute Gasteiger partial charge is 0.238 e. The number of rotatable bonds is 2. The topological polar surface area (TPSA) is 59.1 Å². The van der Waals surface area contributed by atoms with Crippen molar-refractivity contribution in [3.8, 4) is 0 Å². The Morgan fingerprint density at radius 1 is 1.67 bits per heavy atom. The van der Waals surface area contributed by atoms with Gasteiger partial charge in [-0.05, 0) is 19.1 Å². The molecule has 2 rings (SSSR count). The molecule has 0 fully saturated rings. The second-order valence-corrected chi connectivity index (χ2v) is 4.55. The molecular formula is C10H10N2O2S. The highest BCUT2D eigenvalue weighted by molar-refractivity contribution is 8.00. The lowest BCUT2D eigenvalue weighted by atomic mass is 10.2. The first-order valence-electron chi connectivity index (χ1n) is 4.59. The van der Waals surface area contributed by atoms with E-state index in [0.717, 1.165) is 10.7 Å². The van der Waals surface area contributed by atoms with E-state index in [-0.39, 0.29) is 23.4 Å². The molecular weight excluding hydrogens is 212 g/mol. The number of aromatic nitrogens is 1. The molecule has 1 aromatic heterocycles. The lowest BCUT2D eigenvalue weighted by molar-refractivity contribution is -0.121. The molecule has 0 aliphatic carbocycles. The van der Waals surface area contributed by atoms with E-state index < -0.39 is 0 Å². The Labute approximate surface area is 91.5 Å². The van der Waals surface area contributed by atoms with Gasteiger partial charge in [0, 0.05) is 12.6 Å². The number of carbonyl (C=O) groups excluding carboxylic acids is 2. The zero-order chi connectivity index (χ0) is 10.8. The molecule has 0 radical (unpaired) electrons. The van der Waals surface area contributed by atoms with Crippen LogP contribution < -0.4 is 5.32 Å². The molecule has 0 aromatic carbocycles. The summed E-state index contributed by atoms with van der Waals surface area (Å²) in [6.07, 6.45) is 1.93. The predicted molar refractivity (Wildman–Crippen MR) is 57.8 cm³/mol. The van der Waals surface area contributed by atoms with Gasteiger partial charge in [-0.3, -0.25) is 9.59 Å². The van der Waals surface area contributed by atoms with Gasteiger partial charge in [0.05, 0.1) is 10.9 Å². The third kappa shape index (κ3) is 2.18. The van der Waals surface area contributed by atoms with E-state index in [2.05, 4.69) is 10.3 Å². The molecule has 1 N–H and O–H groups in total. The number of pyridine rings is 1. The van der Waals surface area contributed by atoms with Crippen molar-refractivity contribution in [3.63, 3.8) is 0 Å². The van der Waals surface area contributed by atoms with Crippen LogP contribution in [-0.2, 0) is 9.59 Å². The minimum absolute atomic E-state index is 0.0158. The molecule has 1 unspecified atom stereocenters. The number of fused-ring (bicyclic) bond motifs is 1. The van der Waals surface area contributed by atoms with E-state index in [1.54, 1.807) is 18.3 Å². The van der Waals surface area contributed by atoms with Crippen molar-refractivity contribution in [2.24, 2.45) is 0 Å². The third-order valence-corrected chi connectivity index (χ3v) is 3.26. The van der Waals surface area contributed by atoms with Crippen LogP contribution in [0.3, 0.4) is 0 Å². The molecule has 15 heavy (non-hydrogen) atoms. The van der Waals surface area contributed by atoms with Crippen molar-refractivity contribution >= 4 is 29.1 Å². The van der Waals surface area contributed by atoms with Crippen LogP contribution in [0.5, 0.6) is 0 Å². The maximum absolute atomic E-state index is 11.6. The van der Waals surface area contributed by atoms with Gasteiger partial charge in [-0.25, -0.2) is 4.98 Å². The Hall–Kier alpha value is -1.36. The highest BCUT2D eigenvalue weighted by Crippen LogP contribution is 2.34. The fraction of sp³-hybridized carbons (Fsp3) is 0.300. The van der Waals surface area contributed by atoms with Gasteiger partial charge in [0.2, 0.25) is 5.91 Å². The summed E-state index contributed by atoms with van der Waals surface area (Å²) in [5, 5.41) is 3.18. The van der Waals surface area contributed by atoms with Crippen LogP contribution in [0, 0.1) is 0 Å². The maximum Gasteiger partial charge on any atom is 0.238 e.